The highest BCUT2D eigenvalue weighted by Gasteiger charge is 2.23. The van der Waals surface area contributed by atoms with Crippen LogP contribution in [0.4, 0.5) is 5.69 Å². The fraction of sp³-hybridized carbons (Fsp3) is 0.118. The molecule has 4 N–H and O–H groups in total. The Labute approximate surface area is 159 Å². The first-order chi connectivity index (χ1) is 12.3. The Morgan fingerprint density at radius 3 is 2.58 bits per heavy atom. The van der Waals surface area contributed by atoms with Crippen molar-refractivity contribution in [3.63, 3.8) is 0 Å². The highest BCUT2D eigenvalue weighted by molar-refractivity contribution is 7.89. The summed E-state index contributed by atoms with van der Waals surface area (Å²) in [5.74, 6) is -1.22. The van der Waals surface area contributed by atoms with Crippen LogP contribution in [0.25, 0.3) is 11.1 Å². The van der Waals surface area contributed by atoms with Crippen LogP contribution in [-0.4, -0.2) is 19.5 Å². The molecule has 0 unspecified atom stereocenters. The van der Waals surface area contributed by atoms with E-state index >= 15 is 0 Å². The molecule has 9 heteroatoms. The van der Waals surface area contributed by atoms with Gasteiger partial charge in [-0.1, -0.05) is 6.07 Å². The molecule has 0 saturated heterocycles. The highest BCUT2D eigenvalue weighted by atomic mass is 32.2. The van der Waals surface area contributed by atoms with Crippen molar-refractivity contribution in [3.8, 4) is 11.1 Å². The lowest BCUT2D eigenvalue weighted by Crippen LogP contribution is -2.16. The number of benzene rings is 1. The van der Waals surface area contributed by atoms with E-state index in [0.29, 0.717) is 23.4 Å². The molecule has 0 aliphatic heterocycles. The van der Waals surface area contributed by atoms with Crippen molar-refractivity contribution in [1.82, 2.24) is 0 Å². The maximum absolute atomic E-state index is 12.2. The van der Waals surface area contributed by atoms with Gasteiger partial charge in [0.05, 0.1) is 10.5 Å². The SMILES string of the molecule is Cc1cc(-c2c(NCc3cccs3)cc(C(=O)O)cc2S(N)(=O)=O)cs1. The Morgan fingerprint density at radius 1 is 1.27 bits per heavy atom. The van der Waals surface area contributed by atoms with Crippen LogP contribution in [-0.2, 0) is 16.6 Å². The number of rotatable bonds is 6. The summed E-state index contributed by atoms with van der Waals surface area (Å²) in [5.41, 5.74) is 1.35. The Hall–Kier alpha value is -2.20. The molecule has 6 nitrogen and oxygen atoms in total. The van der Waals surface area contributed by atoms with Gasteiger partial charge in [0.15, 0.2) is 0 Å². The maximum Gasteiger partial charge on any atom is 0.335 e. The second kappa shape index (κ2) is 7.20. The molecule has 3 aromatic rings. The van der Waals surface area contributed by atoms with Crippen LogP contribution in [0.15, 0.2) is 46.0 Å². The van der Waals surface area contributed by atoms with Gasteiger partial charge in [-0.3, -0.25) is 0 Å². The minimum atomic E-state index is -4.12. The minimum absolute atomic E-state index is 0.140. The van der Waals surface area contributed by atoms with Gasteiger partial charge in [0.2, 0.25) is 10.0 Å². The number of primary sulfonamides is 1. The molecule has 0 spiro atoms. The molecule has 0 radical (unpaired) electrons. The molecular formula is C17H16N2O4S3. The quantitative estimate of drug-likeness (QED) is 0.575. The molecule has 0 bridgehead atoms. The normalized spacial score (nSPS) is 11.5. The van der Waals surface area contributed by atoms with E-state index in [0.717, 1.165) is 15.8 Å². The minimum Gasteiger partial charge on any atom is -0.478 e. The van der Waals surface area contributed by atoms with Crippen LogP contribution in [0.2, 0.25) is 0 Å². The first-order valence-electron chi connectivity index (χ1n) is 7.51. The van der Waals surface area contributed by atoms with Crippen LogP contribution in [0, 0.1) is 6.92 Å². The van der Waals surface area contributed by atoms with E-state index in [2.05, 4.69) is 5.32 Å². The van der Waals surface area contributed by atoms with E-state index in [1.807, 2.05) is 35.9 Å². The van der Waals surface area contributed by atoms with Crippen LogP contribution in [0.3, 0.4) is 0 Å². The third-order valence-corrected chi connectivity index (χ3v) is 6.38. The number of anilines is 1. The first-order valence-corrected chi connectivity index (χ1v) is 10.8. The Morgan fingerprint density at radius 2 is 2.04 bits per heavy atom. The fourth-order valence-corrected chi connectivity index (χ4v) is 4.71. The number of hydrogen-bond donors (Lipinski definition) is 3. The Kier molecular flexibility index (Phi) is 5.15. The molecule has 2 heterocycles. The average Bonchev–Trinajstić information content (AvgIpc) is 3.22. The van der Waals surface area contributed by atoms with Crippen LogP contribution >= 0.6 is 22.7 Å². The summed E-state index contributed by atoms with van der Waals surface area (Å²) in [4.78, 5) is 13.3. The Bertz CT molecular complexity index is 1050. The van der Waals surface area contributed by atoms with Crippen molar-refractivity contribution < 1.29 is 18.3 Å². The van der Waals surface area contributed by atoms with E-state index in [1.54, 1.807) is 11.3 Å². The lowest BCUT2D eigenvalue weighted by atomic mass is 10.0. The van der Waals surface area contributed by atoms with E-state index in [9.17, 15) is 18.3 Å². The van der Waals surface area contributed by atoms with E-state index in [-0.39, 0.29) is 10.5 Å². The molecule has 0 fully saturated rings. The van der Waals surface area contributed by atoms with Gasteiger partial charge in [0.25, 0.3) is 0 Å². The zero-order valence-corrected chi connectivity index (χ0v) is 16.2. The van der Waals surface area contributed by atoms with Crippen molar-refractivity contribution in [1.29, 1.82) is 0 Å². The third kappa shape index (κ3) is 3.96. The Balaban J connectivity index is 2.20. The van der Waals surface area contributed by atoms with Gasteiger partial charge in [-0.05, 0) is 47.5 Å². The van der Waals surface area contributed by atoms with E-state index in [4.69, 9.17) is 5.14 Å². The predicted octanol–water partition coefficient (Wildman–Crippen LogP) is 3.74. The number of hydrogen-bond acceptors (Lipinski definition) is 6. The fourth-order valence-electron chi connectivity index (χ4n) is 2.57. The van der Waals surface area contributed by atoms with E-state index in [1.165, 1.54) is 17.4 Å². The lowest BCUT2D eigenvalue weighted by Gasteiger charge is -2.16. The molecule has 0 atom stereocenters. The van der Waals surface area contributed by atoms with Gasteiger partial charge in [-0.15, -0.1) is 22.7 Å². The molecule has 26 heavy (non-hydrogen) atoms. The van der Waals surface area contributed by atoms with Gasteiger partial charge in [0, 0.05) is 27.5 Å². The second-order valence-electron chi connectivity index (χ2n) is 5.63. The zero-order chi connectivity index (χ0) is 18.9. The molecule has 3 rings (SSSR count). The molecular weight excluding hydrogens is 392 g/mol. The molecule has 0 saturated carbocycles. The summed E-state index contributed by atoms with van der Waals surface area (Å²) >= 11 is 3.02. The number of carboxylic acid groups (broad SMARTS) is 1. The van der Waals surface area contributed by atoms with Crippen LogP contribution < -0.4 is 10.5 Å². The maximum atomic E-state index is 12.2. The standard InChI is InChI=1S/C17H16N2O4S3/c1-10-5-12(9-25-10)16-14(19-8-13-3-2-4-24-13)6-11(17(20)21)7-15(16)26(18,22)23/h2-7,9,19H,8H2,1H3,(H,20,21)(H2,18,22,23). The van der Waals surface area contributed by atoms with Gasteiger partial charge in [-0.25, -0.2) is 18.4 Å². The number of aromatic carboxylic acids is 1. The van der Waals surface area contributed by atoms with Gasteiger partial charge in [-0.2, -0.15) is 0 Å². The first kappa shape index (κ1) is 18.6. The summed E-state index contributed by atoms with van der Waals surface area (Å²) in [5, 5.41) is 21.7. The molecule has 136 valence electrons. The molecule has 0 aliphatic rings. The third-order valence-electron chi connectivity index (χ3n) is 3.71. The number of nitrogens with two attached hydrogens (primary N) is 1. The van der Waals surface area contributed by atoms with Gasteiger partial charge >= 0.3 is 5.97 Å². The van der Waals surface area contributed by atoms with Crippen molar-refractivity contribution in [2.75, 3.05) is 5.32 Å². The van der Waals surface area contributed by atoms with Crippen molar-refractivity contribution in [2.24, 2.45) is 5.14 Å². The number of nitrogens with one attached hydrogen (secondary N) is 1. The summed E-state index contributed by atoms with van der Waals surface area (Å²) in [7, 11) is -4.12. The monoisotopic (exact) mass is 408 g/mol. The number of carboxylic acids is 1. The molecule has 0 aliphatic carbocycles. The smallest absolute Gasteiger partial charge is 0.335 e. The van der Waals surface area contributed by atoms with Crippen LogP contribution in [0.1, 0.15) is 20.1 Å². The highest BCUT2D eigenvalue weighted by Crippen LogP contribution is 2.38. The number of aryl methyl sites for hydroxylation is 1. The summed E-state index contributed by atoms with van der Waals surface area (Å²) in [6.45, 7) is 2.36. The van der Waals surface area contributed by atoms with E-state index < -0.39 is 16.0 Å². The lowest BCUT2D eigenvalue weighted by molar-refractivity contribution is 0.0696. The summed E-state index contributed by atoms with van der Waals surface area (Å²) < 4.78 is 24.3. The molecule has 0 amide bonds. The van der Waals surface area contributed by atoms with Crippen LogP contribution in [0.5, 0.6) is 0 Å². The predicted molar refractivity (Wildman–Crippen MR) is 104 cm³/mol. The van der Waals surface area contributed by atoms with Crippen molar-refractivity contribution in [2.45, 2.75) is 18.4 Å². The second-order valence-corrected chi connectivity index (χ2v) is 9.30. The summed E-state index contributed by atoms with van der Waals surface area (Å²) in [6.07, 6.45) is 0. The number of thiophene rings is 2. The van der Waals surface area contributed by atoms with Crippen molar-refractivity contribution >= 4 is 44.4 Å². The topological polar surface area (TPSA) is 109 Å². The van der Waals surface area contributed by atoms with Crippen molar-refractivity contribution in [3.05, 3.63) is 56.4 Å². The zero-order valence-electron chi connectivity index (χ0n) is 13.7. The van der Waals surface area contributed by atoms with Gasteiger partial charge < -0.3 is 10.4 Å². The number of carbonyl (C=O) groups is 1. The van der Waals surface area contributed by atoms with Gasteiger partial charge in [0.1, 0.15) is 0 Å². The largest absolute Gasteiger partial charge is 0.478 e. The average molecular weight is 409 g/mol. The molecule has 1 aromatic carbocycles. The molecule has 2 aromatic heterocycles. The summed E-state index contributed by atoms with van der Waals surface area (Å²) in [6, 6.07) is 8.25. The number of sulfonamides is 1.